The number of benzene rings is 2. The van der Waals surface area contributed by atoms with Gasteiger partial charge >= 0.3 is 0 Å². The Balaban J connectivity index is 0.000000755. The second kappa shape index (κ2) is 8.40. The van der Waals surface area contributed by atoms with Crippen molar-refractivity contribution in [1.82, 2.24) is 30.2 Å². The Morgan fingerprint density at radius 1 is 1.24 bits per heavy atom. The van der Waals surface area contributed by atoms with Crippen molar-refractivity contribution in [2.45, 2.75) is 6.42 Å². The number of hydrogen-bond acceptors (Lipinski definition) is 7. The molecule has 4 N–H and O–H groups in total. The number of carbonyl (C=O) groups is 2. The number of nitrogens with two attached hydrogens (primary N) is 1. The van der Waals surface area contributed by atoms with Crippen LogP contribution in [0.3, 0.4) is 0 Å². The fraction of sp³-hybridized carbons (Fsp3) is 0.0556. The van der Waals surface area contributed by atoms with Crippen molar-refractivity contribution in [2.75, 3.05) is 0 Å². The summed E-state index contributed by atoms with van der Waals surface area (Å²) >= 11 is 0. The Kier molecular flexibility index (Phi) is 5.56. The number of fused-ring (bicyclic) bond motifs is 1. The third kappa shape index (κ3) is 4.06. The van der Waals surface area contributed by atoms with Crippen LogP contribution in [-0.2, 0) is 16.0 Å². The van der Waals surface area contributed by atoms with E-state index in [1.165, 1.54) is 0 Å². The lowest BCUT2D eigenvalue weighted by Gasteiger charge is -2.06. The van der Waals surface area contributed by atoms with Crippen LogP contribution in [0.5, 0.6) is 0 Å². The fourth-order valence-electron chi connectivity index (χ4n) is 2.67. The summed E-state index contributed by atoms with van der Waals surface area (Å²) in [7, 11) is 0. The lowest BCUT2D eigenvalue weighted by molar-refractivity contribution is -0.123. The van der Waals surface area contributed by atoms with Crippen LogP contribution in [0, 0.1) is 11.3 Å². The zero-order valence-electron chi connectivity index (χ0n) is 14.9. The Labute approximate surface area is 163 Å². The van der Waals surface area contributed by atoms with Gasteiger partial charge in [-0.2, -0.15) is 25.8 Å². The number of nitrogens with zero attached hydrogens (tertiary/aromatic N) is 6. The molecule has 0 fully saturated rings. The van der Waals surface area contributed by atoms with Crippen LogP contribution in [-0.4, -0.2) is 47.7 Å². The summed E-state index contributed by atoms with van der Waals surface area (Å²) in [6.45, 7) is -0.250. The number of amides is 1. The van der Waals surface area contributed by atoms with E-state index in [0.29, 0.717) is 39.5 Å². The first kappa shape index (κ1) is 19.2. The van der Waals surface area contributed by atoms with Crippen LogP contribution in [0.4, 0.5) is 0 Å². The van der Waals surface area contributed by atoms with E-state index < -0.39 is 5.91 Å². The number of rotatable bonds is 4. The van der Waals surface area contributed by atoms with Gasteiger partial charge in [-0.05, 0) is 36.4 Å². The average molecular weight is 390 g/mol. The first-order valence-electron chi connectivity index (χ1n) is 8.20. The van der Waals surface area contributed by atoms with E-state index in [-0.39, 0.29) is 12.9 Å². The van der Waals surface area contributed by atoms with E-state index in [4.69, 9.17) is 20.9 Å². The summed E-state index contributed by atoms with van der Waals surface area (Å²) in [6, 6.07) is 14.5. The van der Waals surface area contributed by atoms with Crippen molar-refractivity contribution >= 4 is 23.4 Å². The minimum atomic E-state index is -0.520. The third-order valence-electron chi connectivity index (χ3n) is 3.81. The van der Waals surface area contributed by atoms with Crippen LogP contribution >= 0.6 is 0 Å². The highest BCUT2D eigenvalue weighted by atomic mass is 16.3. The molecule has 0 aliphatic carbocycles. The number of para-hydroxylation sites is 1. The number of nitriles is 1. The van der Waals surface area contributed by atoms with Crippen LogP contribution in [0.2, 0.25) is 0 Å². The predicted molar refractivity (Wildman–Crippen MR) is 101 cm³/mol. The molecule has 144 valence electrons. The third-order valence-corrected chi connectivity index (χ3v) is 3.81. The Morgan fingerprint density at radius 3 is 2.62 bits per heavy atom. The number of H-pyrrole nitrogens is 1. The van der Waals surface area contributed by atoms with Gasteiger partial charge in [0.05, 0.1) is 23.7 Å². The maximum Gasteiger partial charge on any atom is 0.290 e. The van der Waals surface area contributed by atoms with E-state index in [0.717, 1.165) is 0 Å². The van der Waals surface area contributed by atoms with Crippen molar-refractivity contribution in [3.63, 3.8) is 0 Å². The number of aromatic amines is 1. The van der Waals surface area contributed by atoms with E-state index in [9.17, 15) is 4.79 Å². The maximum atomic E-state index is 11.3. The number of nitrogens with one attached hydrogen (secondary N) is 1. The second-order valence-electron chi connectivity index (χ2n) is 5.67. The minimum Gasteiger partial charge on any atom is -0.483 e. The normalized spacial score (nSPS) is 10.0. The molecule has 0 aliphatic heterocycles. The first-order valence-corrected chi connectivity index (χ1v) is 8.20. The molecule has 0 atom stereocenters. The number of carbonyl (C=O) groups excluding carboxylic acids is 1. The fourth-order valence-corrected chi connectivity index (χ4v) is 2.67. The molecule has 1 amide bonds. The van der Waals surface area contributed by atoms with Crippen LogP contribution in [0.1, 0.15) is 11.4 Å². The minimum absolute atomic E-state index is 0.0783. The highest BCUT2D eigenvalue weighted by Gasteiger charge is 2.18. The number of primary amides is 1. The average Bonchev–Trinajstić information content (AvgIpc) is 3.35. The molecule has 11 nitrogen and oxygen atoms in total. The van der Waals surface area contributed by atoms with Gasteiger partial charge in [0, 0.05) is 5.56 Å². The molecule has 2 aromatic carbocycles. The van der Waals surface area contributed by atoms with Crippen LogP contribution in [0.25, 0.3) is 28.1 Å². The Morgan fingerprint density at radius 2 is 1.97 bits per heavy atom. The van der Waals surface area contributed by atoms with Gasteiger partial charge < -0.3 is 10.8 Å². The molecule has 0 unspecified atom stereocenters. The molecule has 4 rings (SSSR count). The van der Waals surface area contributed by atoms with Crippen molar-refractivity contribution < 1.29 is 14.7 Å². The van der Waals surface area contributed by atoms with E-state index >= 15 is 0 Å². The molecule has 4 aromatic rings. The van der Waals surface area contributed by atoms with Gasteiger partial charge in [0.25, 0.3) is 6.47 Å². The molecule has 0 spiro atoms. The summed E-state index contributed by atoms with van der Waals surface area (Å²) in [4.78, 5) is 24.1. The summed E-state index contributed by atoms with van der Waals surface area (Å²) in [5.74, 6) is 0.288. The smallest absolute Gasteiger partial charge is 0.290 e. The molecule has 0 saturated carbocycles. The zero-order valence-corrected chi connectivity index (χ0v) is 14.9. The molecular formula is C18H14N8O3. The summed E-state index contributed by atoms with van der Waals surface area (Å²) in [5, 5.41) is 31.1. The van der Waals surface area contributed by atoms with E-state index in [1.54, 1.807) is 28.9 Å². The molecule has 29 heavy (non-hydrogen) atoms. The number of hydrogen-bond donors (Lipinski definition) is 3. The van der Waals surface area contributed by atoms with Crippen molar-refractivity contribution in [3.8, 4) is 23.1 Å². The predicted octanol–water partition coefficient (Wildman–Crippen LogP) is 0.806. The summed E-state index contributed by atoms with van der Waals surface area (Å²) < 4.78 is 1.60. The first-order chi connectivity index (χ1) is 14.1. The Bertz CT molecular complexity index is 1200. The summed E-state index contributed by atoms with van der Waals surface area (Å²) in [6.07, 6.45) is -0.0783. The monoisotopic (exact) mass is 390 g/mol. The lowest BCUT2D eigenvalue weighted by atomic mass is 10.1. The van der Waals surface area contributed by atoms with Gasteiger partial charge in [-0.1, -0.05) is 6.07 Å². The summed E-state index contributed by atoms with van der Waals surface area (Å²) in [5.41, 5.74) is 8.55. The largest absolute Gasteiger partial charge is 0.483 e. The SMILES string of the molecule is N#Cc1ccc(-n2nc(CC(N)=O)nc2-c2cccc3n[nH]nc23)cc1.O=CO. The molecule has 0 aliphatic rings. The highest BCUT2D eigenvalue weighted by molar-refractivity contribution is 5.89. The number of aromatic nitrogens is 6. The molecule has 0 radical (unpaired) electrons. The van der Waals surface area contributed by atoms with E-state index in [2.05, 4.69) is 31.6 Å². The van der Waals surface area contributed by atoms with Gasteiger partial charge in [-0.25, -0.2) is 9.67 Å². The Hall–Kier alpha value is -4.59. The maximum absolute atomic E-state index is 11.3. The van der Waals surface area contributed by atoms with Crippen molar-refractivity contribution in [1.29, 1.82) is 5.26 Å². The molecule has 2 heterocycles. The standard InChI is InChI=1S/C17H12N8O.CH2O2/c18-9-10-4-6-11(7-5-10)25-17(20-15(23-25)8-14(19)26)12-2-1-3-13-16(12)22-24-21-13;2-1-3/h1-7H,8H2,(H2,19,26)(H,21,22,24);1H,(H,2,3). The van der Waals surface area contributed by atoms with Gasteiger partial charge in [-0.3, -0.25) is 9.59 Å². The molecule has 11 heteroatoms. The molecule has 2 aromatic heterocycles. The zero-order chi connectivity index (χ0) is 20.8. The molecule has 0 bridgehead atoms. The van der Waals surface area contributed by atoms with Gasteiger partial charge in [-0.15, -0.1) is 0 Å². The molecule has 0 saturated heterocycles. The quantitative estimate of drug-likeness (QED) is 0.428. The molecular weight excluding hydrogens is 376 g/mol. The van der Waals surface area contributed by atoms with Crippen molar-refractivity contribution in [2.24, 2.45) is 5.73 Å². The lowest BCUT2D eigenvalue weighted by Crippen LogP contribution is -2.14. The van der Waals surface area contributed by atoms with Gasteiger partial charge in [0.15, 0.2) is 11.6 Å². The van der Waals surface area contributed by atoms with E-state index in [1.807, 2.05) is 18.2 Å². The second-order valence-corrected chi connectivity index (χ2v) is 5.67. The highest BCUT2D eigenvalue weighted by Crippen LogP contribution is 2.27. The van der Waals surface area contributed by atoms with Gasteiger partial charge in [0.1, 0.15) is 11.0 Å². The van der Waals surface area contributed by atoms with Crippen LogP contribution in [0.15, 0.2) is 42.5 Å². The van der Waals surface area contributed by atoms with Gasteiger partial charge in [0.2, 0.25) is 5.91 Å². The van der Waals surface area contributed by atoms with Crippen molar-refractivity contribution in [3.05, 3.63) is 53.9 Å². The van der Waals surface area contributed by atoms with Crippen LogP contribution < -0.4 is 5.73 Å². The number of carboxylic acid groups (broad SMARTS) is 1. The topological polar surface area (TPSA) is 176 Å².